The lowest BCUT2D eigenvalue weighted by atomic mass is 10.1. The van der Waals surface area contributed by atoms with E-state index in [1.807, 2.05) is 30.0 Å². The molecule has 126 valence electrons. The van der Waals surface area contributed by atoms with E-state index < -0.39 is 0 Å². The monoisotopic (exact) mass is 406 g/mol. The van der Waals surface area contributed by atoms with Crippen LogP contribution in [0.5, 0.6) is 0 Å². The lowest BCUT2D eigenvalue weighted by Crippen LogP contribution is -2.35. The number of fused-ring (bicyclic) bond motifs is 1. The van der Waals surface area contributed by atoms with Crippen LogP contribution in [0.4, 0.5) is 5.69 Å². The summed E-state index contributed by atoms with van der Waals surface area (Å²) in [6, 6.07) is 7.83. The molecule has 6 heteroatoms. The number of rotatable bonds is 4. The Balaban J connectivity index is 1.51. The van der Waals surface area contributed by atoms with Gasteiger partial charge in [-0.3, -0.25) is 9.59 Å². The second-order valence-electron chi connectivity index (χ2n) is 5.94. The van der Waals surface area contributed by atoms with E-state index in [9.17, 15) is 9.59 Å². The fourth-order valence-electron chi connectivity index (χ4n) is 2.78. The second kappa shape index (κ2) is 7.49. The van der Waals surface area contributed by atoms with Gasteiger partial charge in [0, 0.05) is 41.0 Å². The lowest BCUT2D eigenvalue weighted by Gasteiger charge is -2.27. The summed E-state index contributed by atoms with van der Waals surface area (Å²) >= 11 is 5.15. The Bertz CT molecular complexity index is 772. The molecule has 2 aromatic rings. The van der Waals surface area contributed by atoms with Gasteiger partial charge in [0.2, 0.25) is 11.8 Å². The molecule has 0 atom stereocenters. The fraction of sp³-hybridized carbons (Fsp3) is 0.333. The van der Waals surface area contributed by atoms with Gasteiger partial charge in [-0.2, -0.15) is 0 Å². The van der Waals surface area contributed by atoms with Crippen LogP contribution in [0.25, 0.3) is 0 Å². The number of carbonyl (C=O) groups is 2. The van der Waals surface area contributed by atoms with Gasteiger partial charge in [0.25, 0.3) is 0 Å². The number of hydrogen-bond acceptors (Lipinski definition) is 3. The van der Waals surface area contributed by atoms with E-state index in [2.05, 4.69) is 32.7 Å². The van der Waals surface area contributed by atoms with Crippen LogP contribution >= 0.6 is 27.3 Å². The summed E-state index contributed by atoms with van der Waals surface area (Å²) in [7, 11) is 0. The van der Waals surface area contributed by atoms with Crippen LogP contribution < -0.4 is 5.32 Å². The van der Waals surface area contributed by atoms with Crippen LogP contribution in [-0.4, -0.2) is 23.3 Å². The molecule has 4 nitrogen and oxygen atoms in total. The highest BCUT2D eigenvalue weighted by Crippen LogP contribution is 2.25. The number of nitrogens with zero attached hydrogens (tertiary/aromatic N) is 1. The molecule has 0 unspecified atom stereocenters. The topological polar surface area (TPSA) is 49.4 Å². The highest BCUT2D eigenvalue weighted by atomic mass is 79.9. The maximum Gasteiger partial charge on any atom is 0.224 e. The van der Waals surface area contributed by atoms with Crippen molar-refractivity contribution in [2.75, 3.05) is 11.9 Å². The Morgan fingerprint density at radius 1 is 1.29 bits per heavy atom. The Morgan fingerprint density at radius 3 is 2.96 bits per heavy atom. The first kappa shape index (κ1) is 17.2. The zero-order valence-corrected chi connectivity index (χ0v) is 15.9. The van der Waals surface area contributed by atoms with Crippen LogP contribution in [0.1, 0.15) is 28.8 Å². The molecule has 0 fully saturated rings. The Morgan fingerprint density at radius 2 is 2.12 bits per heavy atom. The second-order valence-corrected chi connectivity index (χ2v) is 7.86. The molecule has 2 heterocycles. The molecule has 0 spiro atoms. The number of carbonyl (C=O) groups excluding carboxylic acids is 2. The van der Waals surface area contributed by atoms with Gasteiger partial charge in [-0.1, -0.05) is 22.0 Å². The van der Waals surface area contributed by atoms with Crippen LogP contribution in [0, 0.1) is 6.92 Å². The average Bonchev–Trinajstić information content (AvgIpc) is 3.03. The molecule has 1 aromatic heterocycles. The maximum atomic E-state index is 12.3. The van der Waals surface area contributed by atoms with Gasteiger partial charge in [-0.15, -0.1) is 11.3 Å². The first-order valence-electron chi connectivity index (χ1n) is 7.92. The number of amides is 2. The maximum absolute atomic E-state index is 12.3. The molecule has 2 amide bonds. The van der Waals surface area contributed by atoms with Crippen LogP contribution in [0.3, 0.4) is 0 Å². The number of benzene rings is 1. The highest BCUT2D eigenvalue weighted by Gasteiger charge is 2.21. The molecule has 0 bridgehead atoms. The number of thiophene rings is 1. The van der Waals surface area contributed by atoms with Gasteiger partial charge in [-0.25, -0.2) is 0 Å². The third-order valence-corrected chi connectivity index (χ3v) is 5.72. The van der Waals surface area contributed by atoms with Crippen molar-refractivity contribution in [1.29, 1.82) is 0 Å². The van der Waals surface area contributed by atoms with Gasteiger partial charge >= 0.3 is 0 Å². The van der Waals surface area contributed by atoms with Crippen molar-refractivity contribution in [3.63, 3.8) is 0 Å². The molecule has 24 heavy (non-hydrogen) atoms. The minimum absolute atomic E-state index is 0.0490. The Kier molecular flexibility index (Phi) is 5.36. The lowest BCUT2D eigenvalue weighted by molar-refractivity contribution is -0.133. The van der Waals surface area contributed by atoms with Crippen molar-refractivity contribution < 1.29 is 9.59 Å². The van der Waals surface area contributed by atoms with E-state index in [0.717, 1.165) is 28.7 Å². The SMILES string of the molecule is Cc1ccc(Br)cc1NC(=O)CCC(=O)N1CCc2sccc2C1. The summed E-state index contributed by atoms with van der Waals surface area (Å²) in [6.45, 7) is 3.36. The van der Waals surface area contributed by atoms with E-state index >= 15 is 0 Å². The third-order valence-electron chi connectivity index (χ3n) is 4.20. The molecule has 0 aliphatic carbocycles. The van der Waals surface area contributed by atoms with Crippen molar-refractivity contribution in [3.05, 3.63) is 50.1 Å². The molecule has 3 rings (SSSR count). The quantitative estimate of drug-likeness (QED) is 0.829. The van der Waals surface area contributed by atoms with Gasteiger partial charge in [0.1, 0.15) is 0 Å². The predicted molar refractivity (Wildman–Crippen MR) is 100 cm³/mol. The van der Waals surface area contributed by atoms with Crippen molar-refractivity contribution in [3.8, 4) is 0 Å². The molecule has 0 radical (unpaired) electrons. The van der Waals surface area contributed by atoms with Gasteiger partial charge < -0.3 is 10.2 Å². The summed E-state index contributed by atoms with van der Waals surface area (Å²) < 4.78 is 0.916. The molecule has 0 saturated carbocycles. The number of nitrogens with one attached hydrogen (secondary N) is 1. The smallest absolute Gasteiger partial charge is 0.224 e. The van der Waals surface area contributed by atoms with Crippen LogP contribution in [-0.2, 0) is 22.6 Å². The van der Waals surface area contributed by atoms with E-state index in [0.29, 0.717) is 6.54 Å². The van der Waals surface area contributed by atoms with Crippen molar-refractivity contribution in [2.45, 2.75) is 32.7 Å². The Hall–Kier alpha value is -1.66. The first-order chi connectivity index (χ1) is 11.5. The standard InChI is InChI=1S/C18H19BrN2O2S/c1-12-2-3-14(19)10-15(12)20-17(22)4-5-18(23)21-8-6-16-13(11-21)7-9-24-16/h2-3,7,9-10H,4-6,8,11H2,1H3,(H,20,22). The zero-order valence-electron chi connectivity index (χ0n) is 13.5. The average molecular weight is 407 g/mol. The summed E-state index contributed by atoms with van der Waals surface area (Å²) in [5.41, 5.74) is 3.02. The van der Waals surface area contributed by atoms with E-state index in [-0.39, 0.29) is 24.7 Å². The van der Waals surface area contributed by atoms with Gasteiger partial charge in [0.15, 0.2) is 0 Å². The minimum atomic E-state index is -0.127. The largest absolute Gasteiger partial charge is 0.338 e. The number of aryl methyl sites for hydroxylation is 1. The molecule has 1 aliphatic heterocycles. The van der Waals surface area contributed by atoms with Crippen LogP contribution in [0.15, 0.2) is 34.1 Å². The summed E-state index contributed by atoms with van der Waals surface area (Å²) in [6.07, 6.45) is 1.37. The van der Waals surface area contributed by atoms with Gasteiger partial charge in [0.05, 0.1) is 0 Å². The normalized spacial score (nSPS) is 13.5. The first-order valence-corrected chi connectivity index (χ1v) is 9.59. The minimum Gasteiger partial charge on any atom is -0.338 e. The van der Waals surface area contributed by atoms with Crippen molar-refractivity contribution >= 4 is 44.8 Å². The van der Waals surface area contributed by atoms with Crippen molar-refractivity contribution in [2.24, 2.45) is 0 Å². The number of halogens is 1. The summed E-state index contributed by atoms with van der Waals surface area (Å²) in [5.74, 6) is -0.0780. The fourth-order valence-corrected chi connectivity index (χ4v) is 4.03. The van der Waals surface area contributed by atoms with E-state index in [1.54, 1.807) is 11.3 Å². The third kappa shape index (κ3) is 4.05. The summed E-state index contributed by atoms with van der Waals surface area (Å²) in [4.78, 5) is 27.7. The number of hydrogen-bond donors (Lipinski definition) is 1. The molecule has 1 aromatic carbocycles. The van der Waals surface area contributed by atoms with E-state index in [4.69, 9.17) is 0 Å². The Labute approximate surface area is 154 Å². The summed E-state index contributed by atoms with van der Waals surface area (Å²) in [5, 5.41) is 4.96. The molecular weight excluding hydrogens is 388 g/mol. The van der Waals surface area contributed by atoms with E-state index in [1.165, 1.54) is 10.4 Å². The zero-order chi connectivity index (χ0) is 17.1. The van der Waals surface area contributed by atoms with Crippen LogP contribution in [0.2, 0.25) is 0 Å². The van der Waals surface area contributed by atoms with Gasteiger partial charge in [-0.05, 0) is 48.1 Å². The number of anilines is 1. The molecular formula is C18H19BrN2O2S. The molecule has 0 saturated heterocycles. The highest BCUT2D eigenvalue weighted by molar-refractivity contribution is 9.10. The molecule has 1 N–H and O–H groups in total. The van der Waals surface area contributed by atoms with Crippen molar-refractivity contribution in [1.82, 2.24) is 4.90 Å². The molecule has 1 aliphatic rings. The predicted octanol–water partition coefficient (Wildman–Crippen LogP) is 4.12.